The number of aromatic nitrogens is 2. The third kappa shape index (κ3) is 8.95. The van der Waals surface area contributed by atoms with Crippen LogP contribution in [0.2, 0.25) is 5.02 Å². The summed E-state index contributed by atoms with van der Waals surface area (Å²) in [5.74, 6) is -0.476. The number of hydrogen-bond acceptors (Lipinski definition) is 6. The third-order valence-corrected chi connectivity index (χ3v) is 8.40. The summed E-state index contributed by atoms with van der Waals surface area (Å²) < 4.78 is 42.5. The van der Waals surface area contributed by atoms with Gasteiger partial charge in [-0.2, -0.15) is 5.26 Å². The standard InChI is InChI=1S/C35H37ClF2N4O4/c36-26-7-11-33(30(38)21-26)45-23-25-20-28(8-9-29(25)37)46-27-12-16-41(17-13-27)22-34-40-31-10-6-24(19-35(43)44)18-32(31)42(34)15-5-3-1-2-4-14-39/h6-11,18,20-21,27H,1-5,12-13,15-17,19,22-23H2,(H,43,44). The first-order chi connectivity index (χ1) is 22.3. The third-order valence-electron chi connectivity index (χ3n) is 8.16. The number of ether oxygens (including phenoxy) is 2. The van der Waals surface area contributed by atoms with Gasteiger partial charge in [0.2, 0.25) is 0 Å². The van der Waals surface area contributed by atoms with E-state index in [1.165, 1.54) is 18.2 Å². The second-order valence-corrected chi connectivity index (χ2v) is 12.0. The van der Waals surface area contributed by atoms with Crippen LogP contribution in [-0.4, -0.2) is 44.7 Å². The van der Waals surface area contributed by atoms with Gasteiger partial charge in [0.1, 0.15) is 30.1 Å². The number of aliphatic carboxylic acids is 1. The van der Waals surface area contributed by atoms with Gasteiger partial charge >= 0.3 is 5.97 Å². The van der Waals surface area contributed by atoms with Crippen LogP contribution in [0.15, 0.2) is 54.6 Å². The highest BCUT2D eigenvalue weighted by Gasteiger charge is 2.23. The zero-order valence-corrected chi connectivity index (χ0v) is 26.3. The van der Waals surface area contributed by atoms with Crippen molar-refractivity contribution in [3.8, 4) is 17.6 Å². The fraction of sp³-hybridized carbons (Fsp3) is 0.400. The summed E-state index contributed by atoms with van der Waals surface area (Å²) in [6.45, 7) is 2.86. The van der Waals surface area contributed by atoms with Crippen LogP contribution in [0.3, 0.4) is 0 Å². The van der Waals surface area contributed by atoms with Gasteiger partial charge in [0.05, 0.1) is 30.1 Å². The molecule has 0 amide bonds. The molecule has 2 heterocycles. The topological polar surface area (TPSA) is 101 Å². The van der Waals surface area contributed by atoms with Gasteiger partial charge in [-0.25, -0.2) is 13.8 Å². The van der Waals surface area contributed by atoms with Gasteiger partial charge in [-0.3, -0.25) is 9.69 Å². The maximum Gasteiger partial charge on any atom is 0.307 e. The van der Waals surface area contributed by atoms with Crippen LogP contribution < -0.4 is 9.47 Å². The SMILES string of the molecule is N#CCCCCCCn1c(CN2CCC(Oc3ccc(F)c(COc4ccc(Cl)cc4F)c3)CC2)nc2ccc(CC(=O)O)cc21. The van der Waals surface area contributed by atoms with Gasteiger partial charge in [-0.05, 0) is 79.8 Å². The number of hydrogen-bond donors (Lipinski definition) is 1. The van der Waals surface area contributed by atoms with E-state index in [0.29, 0.717) is 18.7 Å². The number of aryl methyl sites for hydroxylation is 1. The minimum absolute atomic E-state index is 0.00711. The highest BCUT2D eigenvalue weighted by atomic mass is 35.5. The van der Waals surface area contributed by atoms with Crippen molar-refractivity contribution in [3.05, 3.63) is 88.2 Å². The van der Waals surface area contributed by atoms with E-state index in [9.17, 15) is 18.7 Å². The van der Waals surface area contributed by atoms with E-state index in [0.717, 1.165) is 86.6 Å². The van der Waals surface area contributed by atoms with E-state index >= 15 is 0 Å². The number of likely N-dealkylation sites (tertiary alicyclic amines) is 1. The number of benzene rings is 3. The molecular formula is C35H37ClF2N4O4. The summed E-state index contributed by atoms with van der Waals surface area (Å²) in [5, 5.41) is 18.4. The van der Waals surface area contributed by atoms with E-state index in [1.807, 2.05) is 18.2 Å². The average molecular weight is 651 g/mol. The van der Waals surface area contributed by atoms with Crippen LogP contribution in [0, 0.1) is 23.0 Å². The molecule has 46 heavy (non-hydrogen) atoms. The molecule has 1 N–H and O–H groups in total. The first-order valence-electron chi connectivity index (χ1n) is 15.6. The Morgan fingerprint density at radius 2 is 1.83 bits per heavy atom. The molecule has 11 heteroatoms. The van der Waals surface area contributed by atoms with Gasteiger partial charge in [0, 0.05) is 36.6 Å². The molecular weight excluding hydrogens is 614 g/mol. The van der Waals surface area contributed by atoms with Crippen molar-refractivity contribution < 1.29 is 28.2 Å². The smallest absolute Gasteiger partial charge is 0.307 e. The number of rotatable bonds is 15. The minimum Gasteiger partial charge on any atom is -0.490 e. The monoisotopic (exact) mass is 650 g/mol. The number of halogens is 3. The van der Waals surface area contributed by atoms with Gasteiger partial charge in [-0.1, -0.05) is 30.5 Å². The van der Waals surface area contributed by atoms with Crippen LogP contribution in [-0.2, 0) is 30.9 Å². The lowest BCUT2D eigenvalue weighted by molar-refractivity contribution is -0.136. The zero-order valence-electron chi connectivity index (χ0n) is 25.6. The minimum atomic E-state index is -0.869. The van der Waals surface area contributed by atoms with Crippen LogP contribution >= 0.6 is 11.6 Å². The lowest BCUT2D eigenvalue weighted by atomic mass is 10.1. The van der Waals surface area contributed by atoms with Crippen molar-refractivity contribution in [1.82, 2.24) is 14.5 Å². The summed E-state index contributed by atoms with van der Waals surface area (Å²) >= 11 is 5.80. The first-order valence-corrected chi connectivity index (χ1v) is 16.0. The maximum atomic E-state index is 14.5. The van der Waals surface area contributed by atoms with Crippen molar-refractivity contribution in [2.45, 2.75) is 77.2 Å². The molecule has 0 spiro atoms. The molecule has 0 radical (unpaired) electrons. The largest absolute Gasteiger partial charge is 0.490 e. The number of fused-ring (bicyclic) bond motifs is 1. The first kappa shape index (κ1) is 33.2. The number of nitrogens with zero attached hydrogens (tertiary/aromatic N) is 4. The Kier molecular flexibility index (Phi) is 11.4. The van der Waals surface area contributed by atoms with Gasteiger partial charge in [-0.15, -0.1) is 0 Å². The van der Waals surface area contributed by atoms with E-state index < -0.39 is 17.6 Å². The summed E-state index contributed by atoms with van der Waals surface area (Å²) in [4.78, 5) is 18.6. The average Bonchev–Trinajstić information content (AvgIpc) is 3.36. The molecule has 1 aromatic heterocycles. The summed E-state index contributed by atoms with van der Waals surface area (Å²) in [6, 6.07) is 16.4. The second kappa shape index (κ2) is 15.9. The molecule has 8 nitrogen and oxygen atoms in total. The number of nitriles is 1. The summed E-state index contributed by atoms with van der Waals surface area (Å²) in [5.41, 5.74) is 2.80. The number of imidazole rings is 1. The molecule has 3 aromatic carbocycles. The predicted molar refractivity (Wildman–Crippen MR) is 171 cm³/mol. The molecule has 0 atom stereocenters. The molecule has 0 bridgehead atoms. The van der Waals surface area contributed by atoms with Gasteiger partial charge in [0.25, 0.3) is 0 Å². The fourth-order valence-electron chi connectivity index (χ4n) is 5.76. The lowest BCUT2D eigenvalue weighted by Gasteiger charge is -2.32. The predicted octanol–water partition coefficient (Wildman–Crippen LogP) is 7.69. The summed E-state index contributed by atoms with van der Waals surface area (Å²) in [7, 11) is 0. The molecule has 242 valence electrons. The van der Waals surface area contributed by atoms with E-state index in [-0.39, 0.29) is 35.5 Å². The van der Waals surface area contributed by atoms with Crippen molar-refractivity contribution in [2.24, 2.45) is 0 Å². The highest BCUT2D eigenvalue weighted by Crippen LogP contribution is 2.27. The number of carbonyl (C=O) groups is 1. The van der Waals surface area contributed by atoms with E-state index in [2.05, 4.69) is 15.5 Å². The number of carboxylic acids is 1. The van der Waals surface area contributed by atoms with Crippen molar-refractivity contribution >= 4 is 28.6 Å². The second-order valence-electron chi connectivity index (χ2n) is 11.6. The molecule has 0 unspecified atom stereocenters. The Morgan fingerprint density at radius 3 is 2.59 bits per heavy atom. The van der Waals surface area contributed by atoms with Crippen molar-refractivity contribution in [1.29, 1.82) is 5.26 Å². The Hall–Kier alpha value is -4.20. The fourth-order valence-corrected chi connectivity index (χ4v) is 5.92. The highest BCUT2D eigenvalue weighted by molar-refractivity contribution is 6.30. The van der Waals surface area contributed by atoms with Gasteiger partial charge in [0.15, 0.2) is 11.6 Å². The molecule has 0 aliphatic carbocycles. The molecule has 0 saturated carbocycles. The Balaban J connectivity index is 1.19. The van der Waals surface area contributed by atoms with E-state index in [4.69, 9.17) is 31.3 Å². The molecule has 1 aliphatic heterocycles. The van der Waals surface area contributed by atoms with E-state index in [1.54, 1.807) is 12.1 Å². The van der Waals surface area contributed by atoms with Crippen LogP contribution in [0.4, 0.5) is 8.78 Å². The Morgan fingerprint density at radius 1 is 1.02 bits per heavy atom. The van der Waals surface area contributed by atoms with Gasteiger partial charge < -0.3 is 19.1 Å². The number of piperidine rings is 1. The maximum absolute atomic E-state index is 14.5. The molecule has 1 saturated heterocycles. The Labute approximate surface area is 272 Å². The Bertz CT molecular complexity index is 1700. The lowest BCUT2D eigenvalue weighted by Crippen LogP contribution is -2.38. The van der Waals surface area contributed by atoms with Crippen LogP contribution in [0.5, 0.6) is 11.5 Å². The van der Waals surface area contributed by atoms with Crippen molar-refractivity contribution in [3.63, 3.8) is 0 Å². The molecule has 5 rings (SSSR count). The quantitative estimate of drug-likeness (QED) is 0.132. The van der Waals surface area contributed by atoms with Crippen LogP contribution in [0.1, 0.15) is 61.9 Å². The molecule has 4 aromatic rings. The number of carboxylic acid groups (broad SMARTS) is 1. The zero-order chi connectivity index (χ0) is 32.5. The number of unbranched alkanes of at least 4 members (excludes halogenated alkanes) is 4. The normalized spacial score (nSPS) is 14.0. The summed E-state index contributed by atoms with van der Waals surface area (Å²) in [6.07, 6.45) is 5.88. The van der Waals surface area contributed by atoms with Crippen LogP contribution in [0.25, 0.3) is 11.0 Å². The molecule has 1 aliphatic rings. The van der Waals surface area contributed by atoms with Crippen molar-refractivity contribution in [2.75, 3.05) is 13.1 Å². The molecule has 1 fully saturated rings.